The monoisotopic (exact) mass is 875 g/mol. The fourth-order valence-corrected chi connectivity index (χ4v) is 7.60. The van der Waals surface area contributed by atoms with Crippen molar-refractivity contribution in [1.29, 1.82) is 0 Å². The highest BCUT2D eigenvalue weighted by Gasteiger charge is 2.46. The highest BCUT2D eigenvalue weighted by Crippen LogP contribution is 2.46. The Morgan fingerprint density at radius 3 is 1.52 bits per heavy atom. The van der Waals surface area contributed by atoms with Gasteiger partial charge in [0.05, 0.1) is 6.20 Å². The second-order valence-corrected chi connectivity index (χ2v) is 22.1. The van der Waals surface area contributed by atoms with Crippen molar-refractivity contribution in [2.24, 2.45) is 7.05 Å². The molecule has 6 nitrogen and oxygen atoms in total. The maximum atomic E-state index is 4.20. The summed E-state index contributed by atoms with van der Waals surface area (Å²) in [5, 5.41) is 18.6. The summed E-state index contributed by atoms with van der Waals surface area (Å²) in [7, 11) is 1.94. The Morgan fingerprint density at radius 2 is 1.11 bits per heavy atom. The van der Waals surface area contributed by atoms with Gasteiger partial charge in [-0.3, -0.25) is 4.68 Å². The van der Waals surface area contributed by atoms with E-state index in [1.807, 2.05) is 38.0 Å². The van der Waals surface area contributed by atoms with E-state index in [1.165, 1.54) is 57.5 Å². The van der Waals surface area contributed by atoms with Crippen LogP contribution in [0.15, 0.2) is 109 Å². The van der Waals surface area contributed by atoms with Gasteiger partial charge in [0, 0.05) is 63.8 Å². The van der Waals surface area contributed by atoms with E-state index >= 15 is 0 Å². The van der Waals surface area contributed by atoms with E-state index in [0.717, 1.165) is 5.56 Å². The maximum absolute atomic E-state index is 4.20. The first-order chi connectivity index (χ1) is 28.9. The molecular weight excluding hydrogens is 781 g/mol. The summed E-state index contributed by atoms with van der Waals surface area (Å²) in [6.45, 7) is 43.4. The molecule has 6 heteroatoms. The van der Waals surface area contributed by atoms with E-state index < -0.39 is 0 Å². The van der Waals surface area contributed by atoms with Gasteiger partial charge in [-0.05, 0) is 177 Å². The lowest BCUT2D eigenvalue weighted by atomic mass is 9.90. The van der Waals surface area contributed by atoms with Crippen molar-refractivity contribution in [3.63, 3.8) is 0 Å². The average Bonchev–Trinajstić information content (AvgIpc) is 3.78. The number of nitrogens with zero attached hydrogens (tertiary/aromatic N) is 2. The molecule has 4 N–H and O–H groups in total. The lowest BCUT2D eigenvalue weighted by Crippen LogP contribution is -2.48. The maximum Gasteiger partial charge on any atom is 0.0568 e. The third-order valence-electron chi connectivity index (χ3n) is 10.1. The molecule has 1 aliphatic rings. The molecule has 0 spiro atoms. The Balaban J connectivity index is 0.000000424. The minimum Gasteiger partial charge on any atom is -0.380 e. The van der Waals surface area contributed by atoms with Gasteiger partial charge in [0.1, 0.15) is 0 Å². The van der Waals surface area contributed by atoms with Crippen LogP contribution in [-0.4, -0.2) is 31.9 Å². The van der Waals surface area contributed by atoms with Crippen LogP contribution in [0, 0.1) is 20.8 Å². The molecule has 1 saturated carbocycles. The quantitative estimate of drug-likeness (QED) is 0.125. The summed E-state index contributed by atoms with van der Waals surface area (Å²) >= 11 is 0. The van der Waals surface area contributed by atoms with Gasteiger partial charge in [0.2, 0.25) is 0 Å². The standard InChI is InChI=1S/C16H23N3.C14H21N.C14H23N.C11H17N.C2H6.CH4/c1-12(18-16(2,3)4)13-6-8-14(9-7-13)15-10-17-19(5)11-15;1-11-5-7-12(8-6-11)14(9-10-14)15-13(2,3)4;1-11-7-9-12(10-8-11)14(5,6)15-13(2,3)4;1-9-6-5-7-10(8-9)12-11(2,3)4;1-2;/h6-12,18H,1-5H3;5-8,15H,9-10H2,1-4H3;7-10,15H,1-6H3;5-8,12H,1-4H3;1-2H3;1H4. The molecule has 0 bridgehead atoms. The van der Waals surface area contributed by atoms with E-state index in [0.29, 0.717) is 6.04 Å². The van der Waals surface area contributed by atoms with Crippen LogP contribution < -0.4 is 21.3 Å². The lowest BCUT2D eigenvalue weighted by molar-refractivity contribution is 0.286. The molecule has 0 saturated heterocycles. The second-order valence-electron chi connectivity index (χ2n) is 22.1. The van der Waals surface area contributed by atoms with Crippen molar-refractivity contribution in [2.75, 3.05) is 5.32 Å². The van der Waals surface area contributed by atoms with Gasteiger partial charge < -0.3 is 21.3 Å². The molecule has 1 unspecified atom stereocenters. The van der Waals surface area contributed by atoms with Crippen LogP contribution in [0.3, 0.4) is 0 Å². The molecule has 1 aliphatic carbocycles. The molecule has 4 aromatic carbocycles. The van der Waals surface area contributed by atoms with Crippen LogP contribution in [0.2, 0.25) is 0 Å². The average molecular weight is 875 g/mol. The van der Waals surface area contributed by atoms with Crippen molar-refractivity contribution in [2.45, 2.75) is 198 Å². The van der Waals surface area contributed by atoms with Gasteiger partial charge in [-0.2, -0.15) is 5.10 Å². The summed E-state index contributed by atoms with van der Waals surface area (Å²) in [4.78, 5) is 0. The number of aryl methyl sites for hydroxylation is 4. The summed E-state index contributed by atoms with van der Waals surface area (Å²) < 4.78 is 1.83. The predicted molar refractivity (Wildman–Crippen MR) is 285 cm³/mol. The normalized spacial score (nSPS) is 13.7. The Hall–Kier alpha value is -4.23. The Kier molecular flexibility index (Phi) is 22.0. The van der Waals surface area contributed by atoms with Gasteiger partial charge in [0.25, 0.3) is 0 Å². The minimum atomic E-state index is 0. The van der Waals surface area contributed by atoms with Crippen molar-refractivity contribution in [3.8, 4) is 11.1 Å². The van der Waals surface area contributed by atoms with Gasteiger partial charge in [-0.1, -0.05) is 117 Å². The lowest BCUT2D eigenvalue weighted by Gasteiger charge is -2.35. The summed E-state index contributed by atoms with van der Waals surface area (Å²) in [6, 6.07) is 35.2. The number of benzene rings is 4. The third kappa shape index (κ3) is 22.1. The Morgan fingerprint density at radius 1 is 0.594 bits per heavy atom. The Labute approximate surface area is 394 Å². The summed E-state index contributed by atoms with van der Waals surface area (Å²) in [5.74, 6) is 0. The van der Waals surface area contributed by atoms with E-state index in [1.54, 1.807) is 0 Å². The molecule has 5 aromatic rings. The fourth-order valence-electron chi connectivity index (χ4n) is 7.60. The smallest absolute Gasteiger partial charge is 0.0568 e. The van der Waals surface area contributed by atoms with Crippen LogP contribution in [0.1, 0.15) is 177 Å². The van der Waals surface area contributed by atoms with Crippen molar-refractivity contribution in [1.82, 2.24) is 25.7 Å². The van der Waals surface area contributed by atoms with Crippen LogP contribution in [0.4, 0.5) is 5.69 Å². The van der Waals surface area contributed by atoms with Crippen LogP contribution >= 0.6 is 0 Å². The zero-order chi connectivity index (χ0) is 48.0. The molecular formula is C58H94N6. The molecule has 1 fully saturated rings. The molecule has 0 aliphatic heterocycles. The molecule has 1 aromatic heterocycles. The highest BCUT2D eigenvalue weighted by atomic mass is 15.2. The van der Waals surface area contributed by atoms with Gasteiger partial charge in [0.15, 0.2) is 0 Å². The number of nitrogens with one attached hydrogen (secondary N) is 4. The van der Waals surface area contributed by atoms with Crippen molar-refractivity contribution in [3.05, 3.63) is 143 Å². The van der Waals surface area contributed by atoms with Crippen LogP contribution in [-0.2, 0) is 18.1 Å². The number of rotatable bonds is 8. The number of hydrogen-bond acceptors (Lipinski definition) is 5. The summed E-state index contributed by atoms with van der Waals surface area (Å²) in [6.07, 6.45) is 6.47. The van der Waals surface area contributed by atoms with Gasteiger partial charge in [-0.15, -0.1) is 0 Å². The van der Waals surface area contributed by atoms with Crippen molar-refractivity contribution >= 4 is 5.69 Å². The topological polar surface area (TPSA) is 65.9 Å². The molecule has 0 amide bonds. The molecule has 6 rings (SSSR count). The van der Waals surface area contributed by atoms with Gasteiger partial charge in [-0.25, -0.2) is 0 Å². The van der Waals surface area contributed by atoms with E-state index in [9.17, 15) is 0 Å². The van der Waals surface area contributed by atoms with Crippen molar-refractivity contribution < 1.29 is 0 Å². The zero-order valence-corrected chi connectivity index (χ0v) is 43.8. The largest absolute Gasteiger partial charge is 0.380 e. The Bertz CT molecular complexity index is 1980. The zero-order valence-electron chi connectivity index (χ0n) is 43.8. The first-order valence-electron chi connectivity index (χ1n) is 23.4. The van der Waals surface area contributed by atoms with E-state index in [2.05, 4.69) is 248 Å². The second kappa shape index (κ2) is 24.3. The van der Waals surface area contributed by atoms with E-state index in [4.69, 9.17) is 0 Å². The minimum absolute atomic E-state index is 0. The SMILES string of the molecule is C.CC.CC(NC(C)(C)C)c1ccc(-c2cnn(C)c2)cc1.Cc1ccc(C(C)(C)NC(C)(C)C)cc1.Cc1ccc(C2(NC(C)(C)C)CC2)cc1.Cc1cccc(NC(C)(C)C)c1. The molecule has 1 heterocycles. The molecule has 64 heavy (non-hydrogen) atoms. The predicted octanol–water partition coefficient (Wildman–Crippen LogP) is 15.4. The first kappa shape index (κ1) is 57.8. The van der Waals surface area contributed by atoms with Crippen LogP contribution in [0.5, 0.6) is 0 Å². The third-order valence-corrected chi connectivity index (χ3v) is 10.1. The fraction of sp³-hybridized carbons (Fsp3) is 0.534. The number of hydrogen-bond donors (Lipinski definition) is 4. The first-order valence-corrected chi connectivity index (χ1v) is 23.4. The number of aromatic nitrogens is 2. The van der Waals surface area contributed by atoms with Gasteiger partial charge >= 0.3 is 0 Å². The molecule has 356 valence electrons. The highest BCUT2D eigenvalue weighted by molar-refractivity contribution is 5.62. The number of anilines is 1. The van der Waals surface area contributed by atoms with Crippen LogP contribution in [0.25, 0.3) is 11.1 Å². The van der Waals surface area contributed by atoms with E-state index in [-0.39, 0.29) is 40.7 Å². The molecule has 0 radical (unpaired) electrons. The summed E-state index contributed by atoms with van der Waals surface area (Å²) in [5.41, 5.74) is 12.5. The molecule has 1 atom stereocenters.